The maximum absolute atomic E-state index is 13.3. The first-order valence-corrected chi connectivity index (χ1v) is 6.59. The molecule has 0 heterocycles. The summed E-state index contributed by atoms with van der Waals surface area (Å²) in [7, 11) is 0. The first-order valence-electron chi connectivity index (χ1n) is 6.22. The molecule has 0 aliphatic heterocycles. The average Bonchev–Trinajstić information content (AvgIpc) is 2.45. The van der Waals surface area contributed by atoms with Gasteiger partial charge in [-0.2, -0.15) is 0 Å². The third-order valence-corrected chi connectivity index (χ3v) is 3.06. The van der Waals surface area contributed by atoms with Gasteiger partial charge in [-0.25, -0.2) is 4.39 Å². The van der Waals surface area contributed by atoms with Gasteiger partial charge in [0, 0.05) is 22.2 Å². The van der Waals surface area contributed by atoms with Crippen molar-refractivity contribution >= 4 is 23.7 Å². The molecule has 2 rings (SSSR count). The molecular formula is C16H12ClFO3. The summed E-state index contributed by atoms with van der Waals surface area (Å²) in [5.74, 6) is -0.758. The predicted molar refractivity (Wildman–Crippen MR) is 77.7 cm³/mol. The van der Waals surface area contributed by atoms with Crippen molar-refractivity contribution in [3.05, 3.63) is 64.4 Å². The van der Waals surface area contributed by atoms with Gasteiger partial charge in [0.2, 0.25) is 5.78 Å². The van der Waals surface area contributed by atoms with E-state index in [0.717, 1.165) is 12.1 Å². The van der Waals surface area contributed by atoms with Gasteiger partial charge < -0.3 is 4.74 Å². The van der Waals surface area contributed by atoms with Crippen molar-refractivity contribution in [1.82, 2.24) is 0 Å². The van der Waals surface area contributed by atoms with Crippen molar-refractivity contribution in [3.8, 4) is 5.75 Å². The summed E-state index contributed by atoms with van der Waals surface area (Å²) in [5, 5.41) is 0.446. The van der Waals surface area contributed by atoms with E-state index in [1.807, 2.05) is 0 Å². The van der Waals surface area contributed by atoms with E-state index in [0.29, 0.717) is 16.9 Å². The second kappa shape index (κ2) is 6.50. The van der Waals surface area contributed by atoms with Crippen LogP contribution in [0.1, 0.15) is 27.6 Å². The second-order valence-corrected chi connectivity index (χ2v) is 4.91. The molecule has 1 atom stereocenters. The Labute approximate surface area is 126 Å². The van der Waals surface area contributed by atoms with Crippen LogP contribution in [0.2, 0.25) is 5.02 Å². The molecule has 0 aromatic heterocycles. The summed E-state index contributed by atoms with van der Waals surface area (Å²) < 4.78 is 18.7. The molecule has 0 radical (unpaired) electrons. The van der Waals surface area contributed by atoms with Crippen molar-refractivity contribution in [2.75, 3.05) is 0 Å². The van der Waals surface area contributed by atoms with Crippen LogP contribution in [0.5, 0.6) is 5.75 Å². The van der Waals surface area contributed by atoms with Gasteiger partial charge in [0.05, 0.1) is 0 Å². The summed E-state index contributed by atoms with van der Waals surface area (Å²) in [5.41, 5.74) is 0.550. The van der Waals surface area contributed by atoms with Gasteiger partial charge >= 0.3 is 0 Å². The molecule has 0 fully saturated rings. The number of rotatable bonds is 5. The first-order chi connectivity index (χ1) is 9.99. The van der Waals surface area contributed by atoms with Crippen molar-refractivity contribution in [1.29, 1.82) is 0 Å². The molecule has 0 saturated carbocycles. The van der Waals surface area contributed by atoms with Gasteiger partial charge in [-0.3, -0.25) is 9.59 Å². The number of benzene rings is 2. The topological polar surface area (TPSA) is 43.4 Å². The highest BCUT2D eigenvalue weighted by Crippen LogP contribution is 2.19. The highest BCUT2D eigenvalue weighted by atomic mass is 35.5. The Morgan fingerprint density at radius 2 is 2.05 bits per heavy atom. The summed E-state index contributed by atoms with van der Waals surface area (Å²) in [6.07, 6.45) is -0.316. The minimum Gasteiger partial charge on any atom is -0.482 e. The smallest absolute Gasteiger partial charge is 0.203 e. The lowest BCUT2D eigenvalue weighted by molar-refractivity contribution is 0.0817. The molecule has 108 valence electrons. The fraction of sp³-hybridized carbons (Fsp3) is 0.125. The van der Waals surface area contributed by atoms with Crippen molar-refractivity contribution in [2.45, 2.75) is 13.0 Å². The van der Waals surface area contributed by atoms with Crippen LogP contribution in [0.3, 0.4) is 0 Å². The molecule has 1 unspecified atom stereocenters. The van der Waals surface area contributed by atoms with E-state index < -0.39 is 11.9 Å². The van der Waals surface area contributed by atoms with Gasteiger partial charge in [-0.1, -0.05) is 23.7 Å². The average molecular weight is 307 g/mol. The first kappa shape index (κ1) is 15.2. The molecule has 2 aromatic rings. The SMILES string of the molecule is CC(Oc1cc(F)cc(C=O)c1)C(=O)c1cccc(Cl)c1. The number of ether oxygens (including phenoxy) is 1. The zero-order chi connectivity index (χ0) is 15.4. The van der Waals surface area contributed by atoms with E-state index in [4.69, 9.17) is 16.3 Å². The van der Waals surface area contributed by atoms with E-state index in [1.165, 1.54) is 12.1 Å². The Morgan fingerprint density at radius 3 is 2.71 bits per heavy atom. The Morgan fingerprint density at radius 1 is 1.29 bits per heavy atom. The number of carbonyl (C=O) groups excluding carboxylic acids is 2. The molecule has 0 bridgehead atoms. The Kier molecular flexibility index (Phi) is 4.70. The third kappa shape index (κ3) is 3.89. The number of Topliss-reactive ketones (excluding diaryl/α,β-unsaturated/α-hetero) is 1. The zero-order valence-electron chi connectivity index (χ0n) is 11.2. The number of hydrogen-bond acceptors (Lipinski definition) is 3. The predicted octanol–water partition coefficient (Wildman–Crippen LogP) is 3.94. The standard InChI is InChI=1S/C16H12ClFO3/c1-10(16(20)12-3-2-4-13(17)7-12)21-15-6-11(9-19)5-14(18)8-15/h2-10H,1H3. The number of carbonyl (C=O) groups is 2. The van der Waals surface area contributed by atoms with Gasteiger partial charge in [0.25, 0.3) is 0 Å². The zero-order valence-corrected chi connectivity index (χ0v) is 11.9. The number of hydrogen-bond donors (Lipinski definition) is 0. The van der Waals surface area contributed by atoms with E-state index >= 15 is 0 Å². The minimum absolute atomic E-state index is 0.125. The normalized spacial score (nSPS) is 11.8. The van der Waals surface area contributed by atoms with Gasteiger partial charge in [-0.05, 0) is 31.2 Å². The molecule has 0 aliphatic carbocycles. The maximum atomic E-state index is 13.3. The maximum Gasteiger partial charge on any atom is 0.203 e. The molecule has 0 N–H and O–H groups in total. The molecule has 21 heavy (non-hydrogen) atoms. The fourth-order valence-electron chi connectivity index (χ4n) is 1.85. The summed E-state index contributed by atoms with van der Waals surface area (Å²) in [4.78, 5) is 22.9. The number of halogens is 2. The fourth-order valence-corrected chi connectivity index (χ4v) is 2.04. The lowest BCUT2D eigenvalue weighted by Gasteiger charge is -2.14. The second-order valence-electron chi connectivity index (χ2n) is 4.47. The summed E-state index contributed by atoms with van der Waals surface area (Å²) in [6.45, 7) is 1.55. The Bertz CT molecular complexity index is 685. The van der Waals surface area contributed by atoms with Gasteiger partial charge in [0.1, 0.15) is 17.9 Å². The third-order valence-electron chi connectivity index (χ3n) is 2.82. The van der Waals surface area contributed by atoms with Crippen molar-refractivity contribution in [3.63, 3.8) is 0 Å². The highest BCUT2D eigenvalue weighted by molar-refractivity contribution is 6.31. The lowest BCUT2D eigenvalue weighted by atomic mass is 10.1. The van der Waals surface area contributed by atoms with E-state index in [9.17, 15) is 14.0 Å². The van der Waals surface area contributed by atoms with Crippen molar-refractivity contribution < 1.29 is 18.7 Å². The molecular weight excluding hydrogens is 295 g/mol. The van der Waals surface area contributed by atoms with Crippen molar-refractivity contribution in [2.24, 2.45) is 0 Å². The molecule has 0 spiro atoms. The Balaban J connectivity index is 2.17. The monoisotopic (exact) mass is 306 g/mol. The van der Waals surface area contributed by atoms with Crippen LogP contribution in [-0.2, 0) is 0 Å². The van der Waals surface area contributed by atoms with Crippen LogP contribution in [0.25, 0.3) is 0 Å². The van der Waals surface area contributed by atoms with E-state index in [-0.39, 0.29) is 17.1 Å². The molecule has 0 aliphatic rings. The molecule has 2 aromatic carbocycles. The number of ketones is 1. The molecule has 5 heteroatoms. The quantitative estimate of drug-likeness (QED) is 0.620. The number of aldehydes is 1. The van der Waals surface area contributed by atoms with Crippen LogP contribution in [0.4, 0.5) is 4.39 Å². The van der Waals surface area contributed by atoms with Gasteiger partial charge in [0.15, 0.2) is 6.10 Å². The van der Waals surface area contributed by atoms with Crippen LogP contribution in [0.15, 0.2) is 42.5 Å². The molecule has 0 saturated heterocycles. The largest absolute Gasteiger partial charge is 0.482 e. The van der Waals surface area contributed by atoms with E-state index in [1.54, 1.807) is 25.1 Å². The summed E-state index contributed by atoms with van der Waals surface area (Å²) >= 11 is 5.83. The molecule has 0 amide bonds. The minimum atomic E-state index is -0.829. The van der Waals surface area contributed by atoms with Crippen LogP contribution >= 0.6 is 11.6 Å². The van der Waals surface area contributed by atoms with E-state index in [2.05, 4.69) is 0 Å². The summed E-state index contributed by atoms with van der Waals surface area (Å²) in [6, 6.07) is 10.1. The lowest BCUT2D eigenvalue weighted by Crippen LogP contribution is -2.24. The van der Waals surface area contributed by atoms with Crippen LogP contribution in [0, 0.1) is 5.82 Å². The van der Waals surface area contributed by atoms with Gasteiger partial charge in [-0.15, -0.1) is 0 Å². The van der Waals surface area contributed by atoms with Crippen LogP contribution in [-0.4, -0.2) is 18.2 Å². The Hall–Kier alpha value is -2.20. The highest BCUT2D eigenvalue weighted by Gasteiger charge is 2.17. The van der Waals surface area contributed by atoms with Crippen LogP contribution < -0.4 is 4.74 Å². The molecule has 3 nitrogen and oxygen atoms in total.